The number of carbonyl (C=O) groups is 1. The maximum Gasteiger partial charge on any atom is 0.256 e. The summed E-state index contributed by atoms with van der Waals surface area (Å²) >= 11 is 0. The van der Waals surface area contributed by atoms with Crippen molar-refractivity contribution in [3.8, 4) is 0 Å². The van der Waals surface area contributed by atoms with Gasteiger partial charge in [-0.25, -0.2) is 0 Å². The molecule has 0 aliphatic carbocycles. The third-order valence-electron chi connectivity index (χ3n) is 2.80. The van der Waals surface area contributed by atoms with Crippen molar-refractivity contribution in [3.63, 3.8) is 0 Å². The first kappa shape index (κ1) is 15.5. The Balaban J connectivity index is 3.03. The monoisotopic (exact) mass is 266 g/mol. The van der Waals surface area contributed by atoms with E-state index in [4.69, 9.17) is 10.2 Å². The van der Waals surface area contributed by atoms with Gasteiger partial charge < -0.3 is 20.4 Å². The Kier molecular flexibility index (Phi) is 6.32. The molecule has 1 amide bonds. The fourth-order valence-corrected chi connectivity index (χ4v) is 1.91. The van der Waals surface area contributed by atoms with Crippen molar-refractivity contribution in [2.75, 3.05) is 38.2 Å². The van der Waals surface area contributed by atoms with Gasteiger partial charge in [0, 0.05) is 25.3 Å². The van der Waals surface area contributed by atoms with E-state index < -0.39 is 0 Å². The van der Waals surface area contributed by atoms with Crippen LogP contribution in [0.25, 0.3) is 0 Å². The van der Waals surface area contributed by atoms with Crippen LogP contribution in [-0.2, 0) is 0 Å². The van der Waals surface area contributed by atoms with E-state index in [1.165, 1.54) is 4.90 Å². The van der Waals surface area contributed by atoms with Crippen molar-refractivity contribution >= 4 is 11.6 Å². The average Bonchev–Trinajstić information content (AvgIpc) is 2.40. The zero-order valence-corrected chi connectivity index (χ0v) is 11.5. The second-order valence-corrected chi connectivity index (χ2v) is 4.32. The molecule has 5 heteroatoms. The first-order chi connectivity index (χ1) is 9.13. The minimum Gasteiger partial charge on any atom is -0.395 e. The van der Waals surface area contributed by atoms with Gasteiger partial charge in [0.2, 0.25) is 0 Å². The molecule has 106 valence electrons. The van der Waals surface area contributed by atoms with Gasteiger partial charge >= 0.3 is 0 Å². The number of hydrogen-bond donors (Lipinski definition) is 3. The Labute approximate surface area is 113 Å². The van der Waals surface area contributed by atoms with Crippen LogP contribution in [0.2, 0.25) is 0 Å². The van der Waals surface area contributed by atoms with Crippen molar-refractivity contribution in [3.05, 3.63) is 29.3 Å². The van der Waals surface area contributed by atoms with Crippen LogP contribution < -0.4 is 5.32 Å². The van der Waals surface area contributed by atoms with Crippen molar-refractivity contribution < 1.29 is 15.0 Å². The maximum absolute atomic E-state index is 12.4. The Morgan fingerprint density at radius 3 is 2.42 bits per heavy atom. The van der Waals surface area contributed by atoms with Gasteiger partial charge in [-0.1, -0.05) is 11.6 Å². The smallest absolute Gasteiger partial charge is 0.256 e. The summed E-state index contributed by atoms with van der Waals surface area (Å²) < 4.78 is 0. The number of carbonyl (C=O) groups excluding carboxylic acids is 1. The average molecular weight is 266 g/mol. The van der Waals surface area contributed by atoms with Gasteiger partial charge in [-0.15, -0.1) is 0 Å². The number of benzene rings is 1. The minimum absolute atomic E-state index is 0.117. The van der Waals surface area contributed by atoms with Crippen LogP contribution in [-0.4, -0.2) is 53.9 Å². The first-order valence-electron chi connectivity index (χ1n) is 6.49. The summed E-state index contributed by atoms with van der Waals surface area (Å²) in [7, 11) is 0. The highest BCUT2D eigenvalue weighted by Gasteiger charge is 2.18. The maximum atomic E-state index is 12.4. The lowest BCUT2D eigenvalue weighted by Gasteiger charge is -2.22. The molecule has 0 aliphatic heterocycles. The normalized spacial score (nSPS) is 10.3. The van der Waals surface area contributed by atoms with Gasteiger partial charge in [0.05, 0.1) is 18.8 Å². The molecule has 0 spiro atoms. The van der Waals surface area contributed by atoms with Gasteiger partial charge in [0.15, 0.2) is 0 Å². The van der Waals surface area contributed by atoms with Gasteiger partial charge in [0.25, 0.3) is 5.91 Å². The highest BCUT2D eigenvalue weighted by atomic mass is 16.3. The van der Waals surface area contributed by atoms with Crippen LogP contribution in [0.1, 0.15) is 22.8 Å². The van der Waals surface area contributed by atoms with Crippen molar-refractivity contribution in [2.24, 2.45) is 0 Å². The lowest BCUT2D eigenvalue weighted by atomic mass is 10.1. The molecule has 1 aromatic rings. The molecule has 3 N–H and O–H groups in total. The Bertz CT molecular complexity index is 415. The van der Waals surface area contributed by atoms with Gasteiger partial charge in [-0.2, -0.15) is 0 Å². The lowest BCUT2D eigenvalue weighted by Crippen LogP contribution is -2.36. The minimum atomic E-state index is -0.178. The summed E-state index contributed by atoms with van der Waals surface area (Å²) in [5.41, 5.74) is 2.35. The van der Waals surface area contributed by atoms with Crippen molar-refractivity contribution in [2.45, 2.75) is 13.8 Å². The van der Waals surface area contributed by atoms with Crippen LogP contribution in [0, 0.1) is 6.92 Å². The predicted octanol–water partition coefficient (Wildman–Crippen LogP) is 0.854. The highest BCUT2D eigenvalue weighted by Crippen LogP contribution is 2.19. The van der Waals surface area contributed by atoms with Crippen molar-refractivity contribution in [1.82, 2.24) is 4.90 Å². The molecule has 0 aromatic heterocycles. The molecule has 0 fully saturated rings. The standard InChI is InChI=1S/C14H22N2O3/c1-3-15-13-5-4-11(2)10-12(13)14(19)16(6-8-17)7-9-18/h4-5,10,15,17-18H,3,6-9H2,1-2H3. The molecular formula is C14H22N2O3. The Morgan fingerprint density at radius 1 is 1.26 bits per heavy atom. The van der Waals surface area contributed by atoms with E-state index in [0.29, 0.717) is 5.56 Å². The van der Waals surface area contributed by atoms with E-state index in [2.05, 4.69) is 5.32 Å². The summed E-state index contributed by atoms with van der Waals surface area (Å²) in [5, 5.41) is 21.1. The quantitative estimate of drug-likeness (QED) is 0.684. The van der Waals surface area contributed by atoms with E-state index >= 15 is 0 Å². The predicted molar refractivity (Wildman–Crippen MR) is 75.4 cm³/mol. The molecule has 19 heavy (non-hydrogen) atoms. The number of nitrogens with zero attached hydrogens (tertiary/aromatic N) is 1. The zero-order valence-electron chi connectivity index (χ0n) is 11.5. The number of amides is 1. The molecule has 0 saturated heterocycles. The zero-order chi connectivity index (χ0) is 14.3. The molecule has 1 rings (SSSR count). The topological polar surface area (TPSA) is 72.8 Å². The number of aliphatic hydroxyl groups excluding tert-OH is 2. The molecular weight excluding hydrogens is 244 g/mol. The lowest BCUT2D eigenvalue weighted by molar-refractivity contribution is 0.0685. The summed E-state index contributed by atoms with van der Waals surface area (Å²) in [6.07, 6.45) is 0. The van der Waals surface area contributed by atoms with Gasteiger partial charge in [0.1, 0.15) is 0 Å². The molecule has 1 aromatic carbocycles. The molecule has 0 unspecified atom stereocenters. The summed E-state index contributed by atoms with van der Waals surface area (Å²) in [4.78, 5) is 13.9. The van der Waals surface area contributed by atoms with E-state index in [1.54, 1.807) is 0 Å². The first-order valence-corrected chi connectivity index (χ1v) is 6.49. The number of nitrogens with one attached hydrogen (secondary N) is 1. The molecule has 0 atom stereocenters. The molecule has 0 saturated carbocycles. The van der Waals surface area contributed by atoms with Crippen LogP contribution >= 0.6 is 0 Å². The Hall–Kier alpha value is -1.59. The third-order valence-corrected chi connectivity index (χ3v) is 2.80. The van der Waals surface area contributed by atoms with E-state index in [9.17, 15) is 4.79 Å². The molecule has 0 bridgehead atoms. The van der Waals surface area contributed by atoms with E-state index in [0.717, 1.165) is 17.8 Å². The Morgan fingerprint density at radius 2 is 1.89 bits per heavy atom. The van der Waals surface area contributed by atoms with Crippen LogP contribution in [0.4, 0.5) is 5.69 Å². The summed E-state index contributed by atoms with van der Waals surface area (Å²) in [6, 6.07) is 5.64. The van der Waals surface area contributed by atoms with E-state index in [-0.39, 0.29) is 32.2 Å². The molecule has 0 heterocycles. The number of aryl methyl sites for hydroxylation is 1. The van der Waals surface area contributed by atoms with Gasteiger partial charge in [-0.3, -0.25) is 4.79 Å². The largest absolute Gasteiger partial charge is 0.395 e. The third kappa shape index (κ3) is 4.22. The van der Waals surface area contributed by atoms with Crippen LogP contribution in [0.3, 0.4) is 0 Å². The highest BCUT2D eigenvalue weighted by molar-refractivity contribution is 5.99. The number of hydrogen-bond acceptors (Lipinski definition) is 4. The summed E-state index contributed by atoms with van der Waals surface area (Å²) in [5.74, 6) is -0.178. The fourth-order valence-electron chi connectivity index (χ4n) is 1.91. The SMILES string of the molecule is CCNc1ccc(C)cc1C(=O)N(CCO)CCO. The molecule has 0 aliphatic rings. The fraction of sp³-hybridized carbons (Fsp3) is 0.500. The van der Waals surface area contributed by atoms with Crippen molar-refractivity contribution in [1.29, 1.82) is 0 Å². The van der Waals surface area contributed by atoms with Crippen LogP contribution in [0.5, 0.6) is 0 Å². The molecule has 0 radical (unpaired) electrons. The second kappa shape index (κ2) is 7.76. The van der Waals surface area contributed by atoms with E-state index in [1.807, 2.05) is 32.0 Å². The number of aliphatic hydroxyl groups is 2. The summed E-state index contributed by atoms with van der Waals surface area (Å²) in [6.45, 7) is 4.82. The number of rotatable bonds is 7. The molecule has 5 nitrogen and oxygen atoms in total. The van der Waals surface area contributed by atoms with Gasteiger partial charge in [-0.05, 0) is 26.0 Å². The second-order valence-electron chi connectivity index (χ2n) is 4.32. The van der Waals surface area contributed by atoms with Crippen LogP contribution in [0.15, 0.2) is 18.2 Å². The number of anilines is 1.